The number of nitrogens with zero attached hydrogens (tertiary/aromatic N) is 1. The van der Waals surface area contributed by atoms with E-state index < -0.39 is 16.4 Å². The quantitative estimate of drug-likeness (QED) is 0.679. The fraction of sp³-hybridized carbons (Fsp3) is 0.417. The van der Waals surface area contributed by atoms with E-state index in [4.69, 9.17) is 23.2 Å². The number of nitro groups is 1. The molecule has 0 bridgehead atoms. The highest BCUT2D eigenvalue weighted by Gasteiger charge is 2.23. The summed E-state index contributed by atoms with van der Waals surface area (Å²) in [6.45, 7) is 5.64. The highest BCUT2D eigenvalue weighted by molar-refractivity contribution is 6.43. The molecule has 7 heteroatoms. The van der Waals surface area contributed by atoms with Gasteiger partial charge in [-0.25, -0.2) is 0 Å². The number of hydrogen-bond donors (Lipinski definition) is 1. The first-order chi connectivity index (χ1) is 8.68. The smallest absolute Gasteiger partial charge is 0.290 e. The van der Waals surface area contributed by atoms with Crippen LogP contribution in [0, 0.1) is 10.1 Å². The molecule has 5 nitrogen and oxygen atoms in total. The molecule has 0 atom stereocenters. The summed E-state index contributed by atoms with van der Waals surface area (Å²) in [4.78, 5) is 22.2. The molecule has 104 valence electrons. The van der Waals surface area contributed by atoms with Crippen molar-refractivity contribution in [1.82, 2.24) is 5.32 Å². The maximum atomic E-state index is 12.0. The van der Waals surface area contributed by atoms with Gasteiger partial charge in [-0.2, -0.15) is 0 Å². The molecule has 1 aromatic carbocycles. The van der Waals surface area contributed by atoms with Gasteiger partial charge in [0.05, 0.1) is 9.95 Å². The summed E-state index contributed by atoms with van der Waals surface area (Å²) in [5.41, 5.74) is -0.672. The lowest BCUT2D eigenvalue weighted by Gasteiger charge is -2.24. The van der Waals surface area contributed by atoms with E-state index in [1.165, 1.54) is 6.07 Å². The van der Waals surface area contributed by atoms with Gasteiger partial charge in [0.25, 0.3) is 11.6 Å². The molecule has 0 saturated carbocycles. The summed E-state index contributed by atoms with van der Waals surface area (Å²) < 4.78 is 0. The zero-order valence-corrected chi connectivity index (χ0v) is 12.3. The third-order valence-corrected chi connectivity index (χ3v) is 3.60. The summed E-state index contributed by atoms with van der Waals surface area (Å²) >= 11 is 11.5. The van der Waals surface area contributed by atoms with Gasteiger partial charge in [-0.15, -0.1) is 0 Å². The van der Waals surface area contributed by atoms with Crippen molar-refractivity contribution in [2.24, 2.45) is 0 Å². The Hall–Kier alpha value is -1.33. The largest absolute Gasteiger partial charge is 0.347 e. The predicted molar refractivity (Wildman–Crippen MR) is 75.0 cm³/mol. The summed E-state index contributed by atoms with van der Waals surface area (Å²) in [5.74, 6) is -0.423. The van der Waals surface area contributed by atoms with Crippen molar-refractivity contribution in [3.05, 3.63) is 37.9 Å². The molecular weight excluding hydrogens is 291 g/mol. The molecule has 1 amide bonds. The van der Waals surface area contributed by atoms with Crippen molar-refractivity contribution in [2.75, 3.05) is 0 Å². The minimum absolute atomic E-state index is 0.0182. The summed E-state index contributed by atoms with van der Waals surface area (Å²) in [5, 5.41) is 13.4. The molecular formula is C12H14Cl2N2O3. The Morgan fingerprint density at radius 1 is 1.42 bits per heavy atom. The first kappa shape index (κ1) is 15.7. The molecule has 1 aromatic rings. The Bertz CT molecular complexity index is 530. The maximum Gasteiger partial charge on any atom is 0.290 e. The van der Waals surface area contributed by atoms with E-state index in [9.17, 15) is 14.9 Å². The molecule has 1 rings (SSSR count). The number of carbonyl (C=O) groups is 1. The minimum Gasteiger partial charge on any atom is -0.347 e. The SMILES string of the molecule is CCC(C)(C)NC(=O)c1cc(Cl)c(Cl)c([N+](=O)[O-])c1. The number of benzene rings is 1. The molecule has 0 saturated heterocycles. The monoisotopic (exact) mass is 304 g/mol. The van der Waals surface area contributed by atoms with Crippen LogP contribution in [0.3, 0.4) is 0 Å². The molecule has 0 aliphatic carbocycles. The number of nitro benzene ring substituents is 1. The van der Waals surface area contributed by atoms with Crippen molar-refractivity contribution in [1.29, 1.82) is 0 Å². The van der Waals surface area contributed by atoms with Crippen molar-refractivity contribution in [2.45, 2.75) is 32.7 Å². The van der Waals surface area contributed by atoms with Crippen LogP contribution in [0.1, 0.15) is 37.6 Å². The maximum absolute atomic E-state index is 12.0. The highest BCUT2D eigenvalue weighted by Crippen LogP contribution is 2.33. The number of amides is 1. The summed E-state index contributed by atoms with van der Waals surface area (Å²) in [6.07, 6.45) is 0.724. The van der Waals surface area contributed by atoms with Crippen molar-refractivity contribution < 1.29 is 9.72 Å². The van der Waals surface area contributed by atoms with Gasteiger partial charge >= 0.3 is 0 Å². The zero-order chi connectivity index (χ0) is 14.8. The Labute approximate surface area is 121 Å². The molecule has 0 unspecified atom stereocenters. The second kappa shape index (κ2) is 5.75. The van der Waals surface area contributed by atoms with E-state index in [1.54, 1.807) is 0 Å². The lowest BCUT2D eigenvalue weighted by Crippen LogP contribution is -2.42. The molecule has 0 aliphatic heterocycles. The van der Waals surface area contributed by atoms with E-state index in [2.05, 4.69) is 5.32 Å². The third kappa shape index (κ3) is 3.81. The van der Waals surface area contributed by atoms with Gasteiger partial charge in [0.1, 0.15) is 5.02 Å². The molecule has 0 aliphatic rings. The number of nitrogens with one attached hydrogen (secondary N) is 1. The third-order valence-electron chi connectivity index (χ3n) is 2.80. The van der Waals surface area contributed by atoms with Crippen LogP contribution in [0.2, 0.25) is 10.0 Å². The first-order valence-corrected chi connectivity index (χ1v) is 6.39. The van der Waals surface area contributed by atoms with Gasteiger partial charge in [-0.1, -0.05) is 30.1 Å². The van der Waals surface area contributed by atoms with Gasteiger partial charge in [0.15, 0.2) is 0 Å². The summed E-state index contributed by atoms with van der Waals surface area (Å²) in [6, 6.07) is 2.44. The van der Waals surface area contributed by atoms with Gasteiger partial charge in [-0.05, 0) is 26.3 Å². The van der Waals surface area contributed by atoms with Crippen LogP contribution in [-0.4, -0.2) is 16.4 Å². The number of rotatable bonds is 4. The normalized spacial score (nSPS) is 11.2. The van der Waals surface area contributed by atoms with Crippen LogP contribution >= 0.6 is 23.2 Å². The Kier molecular flexibility index (Phi) is 4.76. The lowest BCUT2D eigenvalue weighted by molar-refractivity contribution is -0.384. The minimum atomic E-state index is -0.671. The van der Waals surface area contributed by atoms with Crippen LogP contribution in [0.15, 0.2) is 12.1 Å². The van der Waals surface area contributed by atoms with Crippen LogP contribution in [0.5, 0.6) is 0 Å². The molecule has 0 fully saturated rings. The van der Waals surface area contributed by atoms with E-state index in [-0.39, 0.29) is 21.3 Å². The Morgan fingerprint density at radius 3 is 2.47 bits per heavy atom. The average Bonchev–Trinajstić information content (AvgIpc) is 2.31. The molecule has 0 heterocycles. The van der Waals surface area contributed by atoms with Crippen molar-refractivity contribution in [3.8, 4) is 0 Å². The molecule has 0 spiro atoms. The molecule has 0 aromatic heterocycles. The zero-order valence-electron chi connectivity index (χ0n) is 10.8. The second-order valence-corrected chi connectivity index (χ2v) is 5.53. The molecule has 1 N–H and O–H groups in total. The number of halogens is 2. The fourth-order valence-corrected chi connectivity index (χ4v) is 1.70. The predicted octanol–water partition coefficient (Wildman–Crippen LogP) is 3.82. The highest BCUT2D eigenvalue weighted by atomic mass is 35.5. The van der Waals surface area contributed by atoms with Gasteiger partial charge in [0, 0.05) is 17.2 Å². The standard InChI is InChI=1S/C12H14Cl2N2O3/c1-4-12(2,3)15-11(17)7-5-8(13)10(14)9(6-7)16(18)19/h5-6H,4H2,1-3H3,(H,15,17). The van der Waals surface area contributed by atoms with Gasteiger partial charge in [0.2, 0.25) is 0 Å². The van der Waals surface area contributed by atoms with Crippen LogP contribution in [-0.2, 0) is 0 Å². The first-order valence-electron chi connectivity index (χ1n) is 5.64. The van der Waals surface area contributed by atoms with Crippen molar-refractivity contribution >= 4 is 34.8 Å². The molecule has 19 heavy (non-hydrogen) atoms. The Morgan fingerprint density at radius 2 is 2.00 bits per heavy atom. The lowest BCUT2D eigenvalue weighted by atomic mass is 10.0. The van der Waals surface area contributed by atoms with E-state index in [0.29, 0.717) is 0 Å². The van der Waals surface area contributed by atoms with Gasteiger partial charge < -0.3 is 5.32 Å². The van der Waals surface area contributed by atoms with Crippen LogP contribution in [0.4, 0.5) is 5.69 Å². The second-order valence-electron chi connectivity index (χ2n) is 4.74. The van der Waals surface area contributed by atoms with E-state index >= 15 is 0 Å². The van der Waals surface area contributed by atoms with E-state index in [0.717, 1.165) is 12.5 Å². The van der Waals surface area contributed by atoms with Crippen LogP contribution < -0.4 is 5.32 Å². The van der Waals surface area contributed by atoms with Gasteiger partial charge in [-0.3, -0.25) is 14.9 Å². The van der Waals surface area contributed by atoms with Crippen LogP contribution in [0.25, 0.3) is 0 Å². The van der Waals surface area contributed by atoms with E-state index in [1.807, 2.05) is 20.8 Å². The van der Waals surface area contributed by atoms with Crippen molar-refractivity contribution in [3.63, 3.8) is 0 Å². The average molecular weight is 305 g/mol. The molecule has 0 radical (unpaired) electrons. The number of hydrogen-bond acceptors (Lipinski definition) is 3. The number of carbonyl (C=O) groups excluding carboxylic acids is 1. The summed E-state index contributed by atoms with van der Waals surface area (Å²) in [7, 11) is 0. The topological polar surface area (TPSA) is 72.2 Å². The Balaban J connectivity index is 3.15. The fourth-order valence-electron chi connectivity index (χ4n) is 1.31.